The van der Waals surface area contributed by atoms with Gasteiger partial charge in [0.2, 0.25) is 0 Å². The average Bonchev–Trinajstić information content (AvgIpc) is 2.35. The average molecular weight is 247 g/mol. The van der Waals surface area contributed by atoms with Crippen LogP contribution >= 0.6 is 0 Å². The number of aromatic carboxylic acids is 1. The molecule has 2 aromatic rings. The first-order valence-corrected chi connectivity index (χ1v) is 5.05. The molecule has 0 bridgehead atoms. The van der Waals surface area contributed by atoms with Crippen LogP contribution in [0.3, 0.4) is 0 Å². The number of carboxylic acids is 1. The number of nitrogens with one attached hydrogen (secondary N) is 1. The van der Waals surface area contributed by atoms with E-state index in [0.717, 1.165) is 0 Å². The van der Waals surface area contributed by atoms with Gasteiger partial charge in [0.15, 0.2) is 0 Å². The van der Waals surface area contributed by atoms with Crippen molar-refractivity contribution in [1.82, 2.24) is 10.4 Å². The number of hydrogen-bond donors (Lipinski definition) is 2. The lowest BCUT2D eigenvalue weighted by molar-refractivity contribution is 0.0699. The van der Waals surface area contributed by atoms with Gasteiger partial charge in [0.1, 0.15) is 0 Å². The van der Waals surface area contributed by atoms with Crippen molar-refractivity contribution in [2.24, 2.45) is 5.10 Å². The number of pyridine rings is 1. The normalized spacial score (nSPS) is 10.3. The van der Waals surface area contributed by atoms with E-state index in [1.807, 2.05) is 6.07 Å². The van der Waals surface area contributed by atoms with E-state index in [1.165, 1.54) is 12.3 Å². The van der Waals surface area contributed by atoms with Crippen LogP contribution in [0.2, 0.25) is 0 Å². The third-order valence-electron chi connectivity index (χ3n) is 2.29. The minimum absolute atomic E-state index is 0. The van der Waals surface area contributed by atoms with Gasteiger partial charge in [0.25, 0.3) is 0 Å². The molecule has 1 aromatic heterocycles. The monoisotopic (exact) mass is 247 g/mol. The molecule has 0 aliphatic heterocycles. The molecule has 0 radical (unpaired) electrons. The molecular weight excluding hydrogens is 234 g/mol. The first-order valence-electron chi connectivity index (χ1n) is 5.05. The van der Waals surface area contributed by atoms with Crippen molar-refractivity contribution in [3.63, 3.8) is 0 Å². The van der Waals surface area contributed by atoms with Gasteiger partial charge >= 0.3 is 5.97 Å². The number of hydrogen-bond acceptors (Lipinski definition) is 4. The summed E-state index contributed by atoms with van der Waals surface area (Å²) in [5, 5.41) is 13.6. The second-order valence-corrected chi connectivity index (χ2v) is 3.40. The number of para-hydroxylation sites is 1. The van der Waals surface area contributed by atoms with E-state index < -0.39 is 5.97 Å². The van der Waals surface area contributed by atoms with Crippen LogP contribution in [-0.4, -0.2) is 34.8 Å². The van der Waals surface area contributed by atoms with E-state index >= 15 is 0 Å². The van der Waals surface area contributed by atoms with Crippen LogP contribution in [0.4, 0.5) is 0 Å². The fourth-order valence-corrected chi connectivity index (χ4v) is 1.57. The predicted octanol–water partition coefficient (Wildman–Crippen LogP) is 0.662. The van der Waals surface area contributed by atoms with Crippen LogP contribution in [0.15, 0.2) is 35.4 Å². The standard InChI is InChI=1S/C12H11N3O2.H2O/c1-13-14-7-8-6-10(12(16)17)9-4-2-3-5-11(9)15-8;/h2-7,13H,1H3,(H,16,17);1H2/b14-7+;. The second kappa shape index (κ2) is 5.74. The summed E-state index contributed by atoms with van der Waals surface area (Å²) < 4.78 is 0. The number of benzene rings is 1. The molecular formula is C12H13N3O3. The number of carbonyl (C=O) groups is 1. The third kappa shape index (κ3) is 2.61. The number of aromatic nitrogens is 1. The highest BCUT2D eigenvalue weighted by molar-refractivity contribution is 6.04. The highest BCUT2D eigenvalue weighted by Gasteiger charge is 2.10. The number of rotatable bonds is 3. The molecule has 0 unspecified atom stereocenters. The maximum Gasteiger partial charge on any atom is 0.336 e. The zero-order valence-corrected chi connectivity index (χ0v) is 9.71. The number of hydrazone groups is 1. The van der Waals surface area contributed by atoms with Crippen LogP contribution in [0.1, 0.15) is 16.1 Å². The van der Waals surface area contributed by atoms with Crippen LogP contribution < -0.4 is 5.43 Å². The summed E-state index contributed by atoms with van der Waals surface area (Å²) in [6.07, 6.45) is 1.48. The minimum atomic E-state index is -0.970. The van der Waals surface area contributed by atoms with E-state index in [2.05, 4.69) is 15.5 Å². The number of fused-ring (bicyclic) bond motifs is 1. The van der Waals surface area contributed by atoms with Crippen molar-refractivity contribution in [3.05, 3.63) is 41.6 Å². The highest BCUT2D eigenvalue weighted by Crippen LogP contribution is 2.17. The Kier molecular flexibility index (Phi) is 4.33. The van der Waals surface area contributed by atoms with Crippen molar-refractivity contribution < 1.29 is 15.4 Å². The Bertz CT molecular complexity index is 596. The molecule has 0 aliphatic carbocycles. The minimum Gasteiger partial charge on any atom is -0.478 e. The number of nitrogens with zero attached hydrogens (tertiary/aromatic N) is 2. The summed E-state index contributed by atoms with van der Waals surface area (Å²) in [6.45, 7) is 0. The second-order valence-electron chi connectivity index (χ2n) is 3.40. The van der Waals surface area contributed by atoms with E-state index in [1.54, 1.807) is 25.2 Å². The lowest BCUT2D eigenvalue weighted by atomic mass is 10.1. The predicted molar refractivity (Wildman–Crippen MR) is 69.0 cm³/mol. The summed E-state index contributed by atoms with van der Waals surface area (Å²) in [4.78, 5) is 15.5. The van der Waals surface area contributed by atoms with Crippen LogP contribution in [-0.2, 0) is 0 Å². The van der Waals surface area contributed by atoms with Crippen molar-refractivity contribution in [3.8, 4) is 0 Å². The van der Waals surface area contributed by atoms with E-state index in [9.17, 15) is 4.79 Å². The topological polar surface area (TPSA) is 106 Å². The molecule has 0 fully saturated rings. The van der Waals surface area contributed by atoms with Crippen molar-refractivity contribution >= 4 is 23.1 Å². The molecule has 0 aliphatic rings. The maximum atomic E-state index is 11.2. The Morgan fingerprint density at radius 3 is 2.83 bits per heavy atom. The molecule has 6 heteroatoms. The number of carboxylic acid groups (broad SMARTS) is 1. The fourth-order valence-electron chi connectivity index (χ4n) is 1.57. The lowest BCUT2D eigenvalue weighted by Gasteiger charge is -2.03. The summed E-state index contributed by atoms with van der Waals surface area (Å²) in [5.41, 5.74) is 3.98. The zero-order valence-electron chi connectivity index (χ0n) is 9.71. The van der Waals surface area contributed by atoms with Gasteiger partial charge in [-0.05, 0) is 12.1 Å². The van der Waals surface area contributed by atoms with Gasteiger partial charge in [-0.25, -0.2) is 9.78 Å². The molecule has 1 heterocycles. The smallest absolute Gasteiger partial charge is 0.336 e. The van der Waals surface area contributed by atoms with Crippen LogP contribution in [0.25, 0.3) is 10.9 Å². The summed E-state index contributed by atoms with van der Waals surface area (Å²) in [6, 6.07) is 8.63. The molecule has 0 saturated heterocycles. The molecule has 0 amide bonds. The van der Waals surface area contributed by atoms with Gasteiger partial charge in [-0.15, -0.1) is 0 Å². The first kappa shape index (κ1) is 13.6. The summed E-state index contributed by atoms with van der Waals surface area (Å²) in [5.74, 6) is -0.970. The Hall–Kier alpha value is -2.47. The quantitative estimate of drug-likeness (QED) is 0.613. The van der Waals surface area contributed by atoms with Crippen molar-refractivity contribution in [2.75, 3.05) is 7.05 Å². The summed E-state index contributed by atoms with van der Waals surface area (Å²) in [7, 11) is 1.66. The maximum absolute atomic E-state index is 11.2. The Morgan fingerprint density at radius 2 is 2.17 bits per heavy atom. The Balaban J connectivity index is 0.00000162. The van der Waals surface area contributed by atoms with Crippen LogP contribution in [0.5, 0.6) is 0 Å². The molecule has 1 aromatic carbocycles. The Morgan fingerprint density at radius 1 is 1.44 bits per heavy atom. The molecule has 2 rings (SSSR count). The molecule has 0 spiro atoms. The van der Waals surface area contributed by atoms with Crippen molar-refractivity contribution in [2.45, 2.75) is 0 Å². The van der Waals surface area contributed by atoms with Crippen LogP contribution in [0, 0.1) is 0 Å². The van der Waals surface area contributed by atoms with Gasteiger partial charge in [0.05, 0.1) is 23.0 Å². The Labute approximate surface area is 103 Å². The van der Waals surface area contributed by atoms with E-state index in [-0.39, 0.29) is 11.0 Å². The molecule has 4 N–H and O–H groups in total. The van der Waals surface area contributed by atoms with E-state index in [0.29, 0.717) is 16.6 Å². The van der Waals surface area contributed by atoms with Gasteiger partial charge in [-0.3, -0.25) is 0 Å². The summed E-state index contributed by atoms with van der Waals surface area (Å²) >= 11 is 0. The lowest BCUT2D eigenvalue weighted by Crippen LogP contribution is -2.03. The first-order chi connectivity index (χ1) is 8.22. The van der Waals surface area contributed by atoms with E-state index in [4.69, 9.17) is 5.11 Å². The SMILES string of the molecule is CN/N=C/c1cc(C(=O)O)c2ccccc2n1.O. The van der Waals surface area contributed by atoms with Gasteiger partial charge in [-0.1, -0.05) is 18.2 Å². The third-order valence-corrected chi connectivity index (χ3v) is 2.29. The molecule has 0 saturated carbocycles. The van der Waals surface area contributed by atoms with Gasteiger partial charge < -0.3 is 16.0 Å². The van der Waals surface area contributed by atoms with Gasteiger partial charge in [0, 0.05) is 12.4 Å². The van der Waals surface area contributed by atoms with Gasteiger partial charge in [-0.2, -0.15) is 5.10 Å². The largest absolute Gasteiger partial charge is 0.478 e. The molecule has 0 atom stereocenters. The van der Waals surface area contributed by atoms with Crippen molar-refractivity contribution in [1.29, 1.82) is 0 Å². The fraction of sp³-hybridized carbons (Fsp3) is 0.0833. The molecule has 94 valence electrons. The molecule has 18 heavy (non-hydrogen) atoms. The highest BCUT2D eigenvalue weighted by atomic mass is 16.4. The zero-order chi connectivity index (χ0) is 12.3. The molecule has 6 nitrogen and oxygen atoms in total.